The fraction of sp³-hybridized carbons (Fsp3) is 0.417. The molecule has 3 nitrogen and oxygen atoms in total. The lowest BCUT2D eigenvalue weighted by Crippen LogP contribution is -2.53. The van der Waals surface area contributed by atoms with Crippen molar-refractivity contribution in [2.24, 2.45) is 5.73 Å². The predicted octanol–water partition coefficient (Wildman–Crippen LogP) is 1.47. The van der Waals surface area contributed by atoms with Gasteiger partial charge in [-0.05, 0) is 24.0 Å². The molecule has 1 aromatic rings. The Labute approximate surface area is 102 Å². The zero-order valence-electron chi connectivity index (χ0n) is 9.55. The number of nitrogens with one attached hydrogen (secondary N) is 1. The average molecular weight is 258 g/mol. The van der Waals surface area contributed by atoms with Gasteiger partial charge in [0.25, 0.3) is 0 Å². The molecule has 1 atom stereocenters. The van der Waals surface area contributed by atoms with Crippen LogP contribution in [0.15, 0.2) is 24.3 Å². The van der Waals surface area contributed by atoms with Crippen LogP contribution in [0.4, 0.5) is 13.2 Å². The van der Waals surface area contributed by atoms with Crippen molar-refractivity contribution < 1.29 is 18.0 Å². The van der Waals surface area contributed by atoms with E-state index in [9.17, 15) is 18.0 Å². The lowest BCUT2D eigenvalue weighted by molar-refractivity contribution is -0.136. The molecule has 0 heterocycles. The van der Waals surface area contributed by atoms with Crippen LogP contribution in [0.3, 0.4) is 0 Å². The first-order valence-electron chi connectivity index (χ1n) is 5.55. The zero-order chi connectivity index (χ0) is 13.4. The molecule has 0 spiro atoms. The first-order chi connectivity index (χ1) is 8.35. The maximum atomic E-state index is 12.3. The minimum Gasteiger partial charge on any atom is -0.368 e. The third-order valence-corrected chi connectivity index (χ3v) is 3.26. The van der Waals surface area contributed by atoms with Crippen molar-refractivity contribution in [3.05, 3.63) is 35.4 Å². The van der Waals surface area contributed by atoms with Crippen LogP contribution in [-0.4, -0.2) is 18.6 Å². The summed E-state index contributed by atoms with van der Waals surface area (Å²) in [4.78, 5) is 11.6. The van der Waals surface area contributed by atoms with Gasteiger partial charge in [0.1, 0.15) is 5.54 Å². The van der Waals surface area contributed by atoms with Crippen molar-refractivity contribution in [2.45, 2.75) is 24.6 Å². The summed E-state index contributed by atoms with van der Waals surface area (Å²) in [5.41, 5.74) is 5.34. The number of benzene rings is 1. The number of halogens is 3. The van der Waals surface area contributed by atoms with Gasteiger partial charge in [0.15, 0.2) is 0 Å². The van der Waals surface area contributed by atoms with Gasteiger partial charge in [-0.1, -0.05) is 24.3 Å². The van der Waals surface area contributed by atoms with Crippen LogP contribution in [-0.2, 0) is 16.8 Å². The van der Waals surface area contributed by atoms with E-state index in [-0.39, 0.29) is 6.42 Å². The number of fused-ring (bicyclic) bond motifs is 1. The molecule has 0 saturated carbocycles. The van der Waals surface area contributed by atoms with E-state index in [1.165, 1.54) is 0 Å². The van der Waals surface area contributed by atoms with Gasteiger partial charge in [0, 0.05) is 0 Å². The molecule has 98 valence electrons. The van der Waals surface area contributed by atoms with Crippen molar-refractivity contribution in [1.29, 1.82) is 0 Å². The van der Waals surface area contributed by atoms with Crippen molar-refractivity contribution >= 4 is 5.91 Å². The molecule has 1 aliphatic carbocycles. The van der Waals surface area contributed by atoms with Crippen LogP contribution in [0.2, 0.25) is 0 Å². The molecule has 0 aliphatic heterocycles. The lowest BCUT2D eigenvalue weighted by atomic mass is 9.91. The number of aryl methyl sites for hydroxylation is 1. The number of nitrogens with two attached hydrogens (primary N) is 1. The fourth-order valence-electron chi connectivity index (χ4n) is 2.39. The minimum atomic E-state index is -4.38. The molecule has 1 amide bonds. The first-order valence-corrected chi connectivity index (χ1v) is 5.55. The quantitative estimate of drug-likeness (QED) is 0.862. The van der Waals surface area contributed by atoms with Crippen LogP contribution in [0.1, 0.15) is 17.5 Å². The Bertz CT molecular complexity index is 473. The number of primary amides is 1. The van der Waals surface area contributed by atoms with Gasteiger partial charge in [0.2, 0.25) is 5.91 Å². The maximum Gasteiger partial charge on any atom is 0.401 e. The Morgan fingerprint density at radius 2 is 2.06 bits per heavy atom. The van der Waals surface area contributed by atoms with Gasteiger partial charge < -0.3 is 5.73 Å². The highest BCUT2D eigenvalue weighted by Gasteiger charge is 2.45. The summed E-state index contributed by atoms with van der Waals surface area (Å²) in [6.45, 7) is -1.23. The van der Waals surface area contributed by atoms with E-state index < -0.39 is 24.2 Å². The molecular formula is C12H13F3N2O. The Morgan fingerprint density at radius 3 is 2.67 bits per heavy atom. The lowest BCUT2D eigenvalue weighted by Gasteiger charge is -2.28. The van der Waals surface area contributed by atoms with Crippen molar-refractivity contribution in [3.63, 3.8) is 0 Å². The fourth-order valence-corrected chi connectivity index (χ4v) is 2.39. The normalized spacial score (nSPS) is 22.8. The highest BCUT2D eigenvalue weighted by Crippen LogP contribution is 2.37. The molecule has 1 unspecified atom stereocenters. The monoisotopic (exact) mass is 258 g/mol. The van der Waals surface area contributed by atoms with Gasteiger partial charge in [-0.3, -0.25) is 10.1 Å². The van der Waals surface area contributed by atoms with Crippen molar-refractivity contribution in [1.82, 2.24) is 5.32 Å². The second-order valence-electron chi connectivity index (χ2n) is 4.40. The number of rotatable bonds is 3. The molecule has 6 heteroatoms. The summed E-state index contributed by atoms with van der Waals surface area (Å²) >= 11 is 0. The Hall–Kier alpha value is -1.56. The first kappa shape index (κ1) is 12.9. The van der Waals surface area contributed by atoms with Crippen molar-refractivity contribution in [2.75, 3.05) is 6.54 Å². The average Bonchev–Trinajstić information content (AvgIpc) is 2.66. The van der Waals surface area contributed by atoms with E-state index in [0.717, 1.165) is 5.56 Å². The largest absolute Gasteiger partial charge is 0.401 e. The number of hydrogen-bond donors (Lipinski definition) is 2. The Kier molecular flexibility index (Phi) is 3.06. The van der Waals surface area contributed by atoms with E-state index in [1.54, 1.807) is 24.3 Å². The number of carbonyl (C=O) groups excluding carboxylic acids is 1. The summed E-state index contributed by atoms with van der Waals surface area (Å²) in [5, 5.41) is 2.29. The summed E-state index contributed by atoms with van der Waals surface area (Å²) in [6.07, 6.45) is -3.57. The van der Waals surface area contributed by atoms with Gasteiger partial charge in [-0.25, -0.2) is 0 Å². The summed E-state index contributed by atoms with van der Waals surface area (Å²) in [6, 6.07) is 6.93. The topological polar surface area (TPSA) is 55.1 Å². The zero-order valence-corrected chi connectivity index (χ0v) is 9.55. The maximum absolute atomic E-state index is 12.3. The molecule has 1 aliphatic rings. The predicted molar refractivity (Wildman–Crippen MR) is 59.7 cm³/mol. The summed E-state index contributed by atoms with van der Waals surface area (Å²) < 4.78 is 36.9. The Balaban J connectivity index is 2.33. The molecule has 2 rings (SSSR count). The summed E-state index contributed by atoms with van der Waals surface area (Å²) in [7, 11) is 0. The Morgan fingerprint density at radius 1 is 1.39 bits per heavy atom. The van der Waals surface area contributed by atoms with E-state index >= 15 is 0 Å². The van der Waals surface area contributed by atoms with Gasteiger partial charge in [0.05, 0.1) is 6.54 Å². The van der Waals surface area contributed by atoms with Gasteiger partial charge in [-0.15, -0.1) is 0 Å². The molecule has 0 aromatic heterocycles. The third kappa shape index (κ3) is 2.20. The standard InChI is InChI=1S/C12H13F3N2O/c13-12(14,15)7-17-11(10(16)18)6-5-8-3-1-2-4-9(8)11/h1-4,17H,5-7H2,(H2,16,18). The molecule has 3 N–H and O–H groups in total. The number of amides is 1. The second-order valence-corrected chi connectivity index (χ2v) is 4.40. The van der Waals surface area contributed by atoms with Crippen LogP contribution in [0.5, 0.6) is 0 Å². The van der Waals surface area contributed by atoms with Gasteiger partial charge >= 0.3 is 6.18 Å². The molecule has 1 aromatic carbocycles. The number of carbonyl (C=O) groups is 1. The van der Waals surface area contributed by atoms with Crippen LogP contribution in [0.25, 0.3) is 0 Å². The molecule has 0 saturated heterocycles. The van der Waals surface area contributed by atoms with E-state index in [0.29, 0.717) is 12.0 Å². The molecule has 0 fully saturated rings. The SMILES string of the molecule is NC(=O)C1(NCC(F)(F)F)CCc2ccccc21. The second kappa shape index (κ2) is 4.28. The smallest absolute Gasteiger partial charge is 0.368 e. The number of hydrogen-bond acceptors (Lipinski definition) is 2. The van der Waals surface area contributed by atoms with E-state index in [4.69, 9.17) is 5.73 Å². The molecule has 18 heavy (non-hydrogen) atoms. The van der Waals surface area contributed by atoms with Crippen molar-refractivity contribution in [3.8, 4) is 0 Å². The van der Waals surface area contributed by atoms with E-state index in [2.05, 4.69) is 5.32 Å². The van der Waals surface area contributed by atoms with Crippen LogP contribution in [0, 0.1) is 0 Å². The summed E-state index contributed by atoms with van der Waals surface area (Å²) in [5.74, 6) is -0.767. The minimum absolute atomic E-state index is 0.262. The molecule has 0 bridgehead atoms. The number of alkyl halides is 3. The third-order valence-electron chi connectivity index (χ3n) is 3.26. The van der Waals surface area contributed by atoms with Gasteiger partial charge in [-0.2, -0.15) is 13.2 Å². The van der Waals surface area contributed by atoms with Crippen LogP contribution < -0.4 is 11.1 Å². The highest BCUT2D eigenvalue weighted by atomic mass is 19.4. The highest BCUT2D eigenvalue weighted by molar-refractivity contribution is 5.87. The molecular weight excluding hydrogens is 245 g/mol. The van der Waals surface area contributed by atoms with Crippen LogP contribution >= 0.6 is 0 Å². The molecule has 0 radical (unpaired) electrons. The van der Waals surface area contributed by atoms with E-state index in [1.807, 2.05) is 0 Å².